The van der Waals surface area contributed by atoms with Crippen molar-refractivity contribution in [3.63, 3.8) is 0 Å². The van der Waals surface area contributed by atoms with E-state index in [1.54, 1.807) is 0 Å². The van der Waals surface area contributed by atoms with E-state index >= 15 is 0 Å². The van der Waals surface area contributed by atoms with E-state index in [1.807, 2.05) is 6.20 Å². The Hall–Kier alpha value is -0.890. The van der Waals surface area contributed by atoms with Crippen LogP contribution in [0.5, 0.6) is 0 Å². The van der Waals surface area contributed by atoms with E-state index in [-0.39, 0.29) is 6.10 Å². The van der Waals surface area contributed by atoms with Crippen LogP contribution in [-0.4, -0.2) is 16.2 Å². The zero-order chi connectivity index (χ0) is 19.4. The summed E-state index contributed by atoms with van der Waals surface area (Å²) in [5.41, 5.74) is 2.50. The van der Waals surface area contributed by atoms with E-state index in [2.05, 4.69) is 37.2 Å². The van der Waals surface area contributed by atoms with Crippen molar-refractivity contribution in [3.05, 3.63) is 30.1 Å². The lowest BCUT2D eigenvalue weighted by molar-refractivity contribution is -0.126. The fourth-order valence-corrected chi connectivity index (χ4v) is 8.71. The van der Waals surface area contributed by atoms with Crippen LogP contribution in [-0.2, 0) is 6.42 Å². The lowest BCUT2D eigenvalue weighted by Crippen LogP contribution is -2.53. The van der Waals surface area contributed by atoms with Crippen LogP contribution in [0.3, 0.4) is 0 Å². The first-order valence-corrected chi connectivity index (χ1v) is 12.1. The van der Waals surface area contributed by atoms with Gasteiger partial charge in [0.25, 0.3) is 0 Å². The molecule has 4 aliphatic carbocycles. The van der Waals surface area contributed by atoms with Gasteiger partial charge in [-0.2, -0.15) is 0 Å². The molecule has 8 atom stereocenters. The fraction of sp³-hybridized carbons (Fsp3) is 0.808. The van der Waals surface area contributed by atoms with Crippen LogP contribution in [0.4, 0.5) is 0 Å². The molecule has 0 aliphatic heterocycles. The Bertz CT molecular complexity index is 689. The van der Waals surface area contributed by atoms with Crippen LogP contribution < -0.4 is 0 Å². The molecule has 1 N–H and O–H groups in total. The number of hydrogen-bond acceptors (Lipinski definition) is 2. The molecule has 0 bridgehead atoms. The molecular weight excluding hydrogens is 342 g/mol. The highest BCUT2D eigenvalue weighted by atomic mass is 16.3. The van der Waals surface area contributed by atoms with Crippen LogP contribution in [0, 0.1) is 40.4 Å². The standard InChI is InChI=1S/C26H39NO/c1-25-14-12-24-22(9-7-20-16-21(28)11-13-26(20,24)2)23(25)10-8-19(25)6-5-18-4-3-15-27-17-18/h3-4,15,17,19-24,28H,5-14,16H2,1-2H3/t19-,20?,21?,22?,23?,24?,25?,26?/m0/s1. The Morgan fingerprint density at radius 1 is 1.00 bits per heavy atom. The highest BCUT2D eigenvalue weighted by molar-refractivity contribution is 5.12. The Labute approximate surface area is 171 Å². The second kappa shape index (κ2) is 7.11. The molecule has 1 heterocycles. The molecule has 1 aromatic heterocycles. The Morgan fingerprint density at radius 2 is 1.82 bits per heavy atom. The quantitative estimate of drug-likeness (QED) is 0.693. The minimum Gasteiger partial charge on any atom is -0.393 e. The van der Waals surface area contributed by atoms with Crippen LogP contribution in [0.25, 0.3) is 0 Å². The number of aliphatic hydroxyl groups is 1. The normalized spacial score (nSPS) is 47.8. The second-order valence-electron chi connectivity index (χ2n) is 11.3. The molecular formula is C26H39NO. The summed E-state index contributed by atoms with van der Waals surface area (Å²) in [6.45, 7) is 5.27. The molecule has 0 saturated heterocycles. The molecule has 4 aliphatic rings. The molecule has 0 amide bonds. The van der Waals surface area contributed by atoms with E-state index < -0.39 is 0 Å². The minimum atomic E-state index is -0.0215. The van der Waals surface area contributed by atoms with Gasteiger partial charge in [-0.05, 0) is 123 Å². The summed E-state index contributed by atoms with van der Waals surface area (Å²) in [6, 6.07) is 4.33. The number of fused-ring (bicyclic) bond motifs is 5. The van der Waals surface area contributed by atoms with Crippen molar-refractivity contribution in [2.75, 3.05) is 0 Å². The molecule has 0 aromatic carbocycles. The molecule has 2 heteroatoms. The van der Waals surface area contributed by atoms with Gasteiger partial charge < -0.3 is 5.11 Å². The van der Waals surface area contributed by atoms with Crippen LogP contribution >= 0.6 is 0 Å². The summed E-state index contributed by atoms with van der Waals surface area (Å²) >= 11 is 0. The van der Waals surface area contributed by atoms with Crippen molar-refractivity contribution in [3.8, 4) is 0 Å². The summed E-state index contributed by atoms with van der Waals surface area (Å²) in [5, 5.41) is 10.2. The van der Waals surface area contributed by atoms with Gasteiger partial charge >= 0.3 is 0 Å². The lowest BCUT2D eigenvalue weighted by Gasteiger charge is -2.61. The Morgan fingerprint density at radius 3 is 2.64 bits per heavy atom. The molecule has 28 heavy (non-hydrogen) atoms. The lowest BCUT2D eigenvalue weighted by atomic mass is 9.44. The van der Waals surface area contributed by atoms with E-state index in [0.717, 1.165) is 42.4 Å². The van der Waals surface area contributed by atoms with Gasteiger partial charge in [-0.25, -0.2) is 0 Å². The van der Waals surface area contributed by atoms with Crippen molar-refractivity contribution < 1.29 is 5.11 Å². The van der Waals surface area contributed by atoms with Crippen molar-refractivity contribution in [2.45, 2.75) is 90.6 Å². The summed E-state index contributed by atoms with van der Waals surface area (Å²) < 4.78 is 0. The summed E-state index contributed by atoms with van der Waals surface area (Å²) in [6.07, 6.45) is 18.5. The van der Waals surface area contributed by atoms with Gasteiger partial charge in [-0.3, -0.25) is 4.98 Å². The average molecular weight is 382 g/mol. The highest BCUT2D eigenvalue weighted by Crippen LogP contribution is 2.67. The molecule has 154 valence electrons. The summed E-state index contributed by atoms with van der Waals surface area (Å²) in [4.78, 5) is 4.32. The predicted octanol–water partition coefficient (Wildman–Crippen LogP) is 6.03. The minimum absolute atomic E-state index is 0.0215. The van der Waals surface area contributed by atoms with Crippen molar-refractivity contribution >= 4 is 0 Å². The number of pyridine rings is 1. The average Bonchev–Trinajstić information content (AvgIpc) is 3.04. The van der Waals surface area contributed by atoms with Crippen LogP contribution in [0.15, 0.2) is 24.5 Å². The maximum atomic E-state index is 10.2. The number of aliphatic hydroxyl groups excluding tert-OH is 1. The zero-order valence-corrected chi connectivity index (χ0v) is 17.9. The molecule has 7 unspecified atom stereocenters. The first-order chi connectivity index (χ1) is 13.5. The van der Waals surface area contributed by atoms with Gasteiger partial charge in [-0.15, -0.1) is 0 Å². The number of nitrogens with zero attached hydrogens (tertiary/aromatic N) is 1. The van der Waals surface area contributed by atoms with Gasteiger partial charge in [-0.1, -0.05) is 19.9 Å². The fourth-order valence-electron chi connectivity index (χ4n) is 8.71. The van der Waals surface area contributed by atoms with Crippen molar-refractivity contribution in [1.29, 1.82) is 0 Å². The number of rotatable bonds is 3. The third-order valence-corrected chi connectivity index (χ3v) is 10.3. The molecule has 2 nitrogen and oxygen atoms in total. The number of aryl methyl sites for hydroxylation is 1. The monoisotopic (exact) mass is 381 g/mol. The number of hydrogen-bond donors (Lipinski definition) is 1. The summed E-state index contributed by atoms with van der Waals surface area (Å²) in [7, 11) is 0. The zero-order valence-electron chi connectivity index (χ0n) is 17.9. The smallest absolute Gasteiger partial charge is 0.0543 e. The molecule has 0 radical (unpaired) electrons. The summed E-state index contributed by atoms with van der Waals surface area (Å²) in [5.74, 6) is 4.52. The molecule has 1 aromatic rings. The van der Waals surface area contributed by atoms with Crippen molar-refractivity contribution in [1.82, 2.24) is 4.98 Å². The third-order valence-electron chi connectivity index (χ3n) is 10.3. The predicted molar refractivity (Wildman–Crippen MR) is 114 cm³/mol. The van der Waals surface area contributed by atoms with E-state index in [0.29, 0.717) is 10.8 Å². The Balaban J connectivity index is 1.31. The van der Waals surface area contributed by atoms with Crippen molar-refractivity contribution in [2.24, 2.45) is 40.4 Å². The molecule has 4 saturated carbocycles. The maximum absolute atomic E-state index is 10.2. The first kappa shape index (κ1) is 19.1. The first-order valence-electron chi connectivity index (χ1n) is 12.1. The van der Waals surface area contributed by atoms with Gasteiger partial charge in [0.15, 0.2) is 0 Å². The molecule has 4 fully saturated rings. The van der Waals surface area contributed by atoms with E-state index in [9.17, 15) is 5.11 Å². The third kappa shape index (κ3) is 2.97. The highest BCUT2D eigenvalue weighted by Gasteiger charge is 2.59. The maximum Gasteiger partial charge on any atom is 0.0543 e. The van der Waals surface area contributed by atoms with Crippen LogP contribution in [0.2, 0.25) is 0 Å². The van der Waals surface area contributed by atoms with Gasteiger partial charge in [0, 0.05) is 12.4 Å². The van der Waals surface area contributed by atoms with Gasteiger partial charge in [0.1, 0.15) is 0 Å². The number of aromatic nitrogens is 1. The SMILES string of the molecule is CC12CCC(O)CC1CCC1C2CCC2(C)C1CC[C@@H]2CCc1cccnc1. The Kier molecular flexibility index (Phi) is 4.85. The second-order valence-corrected chi connectivity index (χ2v) is 11.3. The van der Waals surface area contributed by atoms with Crippen LogP contribution in [0.1, 0.15) is 83.6 Å². The largest absolute Gasteiger partial charge is 0.393 e. The molecule has 5 rings (SSSR count). The van der Waals surface area contributed by atoms with Gasteiger partial charge in [0.2, 0.25) is 0 Å². The van der Waals surface area contributed by atoms with E-state index in [4.69, 9.17) is 0 Å². The van der Waals surface area contributed by atoms with Gasteiger partial charge in [0.05, 0.1) is 6.10 Å². The topological polar surface area (TPSA) is 33.1 Å². The molecule has 0 spiro atoms. The van der Waals surface area contributed by atoms with E-state index in [1.165, 1.54) is 63.4 Å².